The Morgan fingerprint density at radius 3 is 2.17 bits per heavy atom. The van der Waals surface area contributed by atoms with Crippen molar-refractivity contribution in [3.63, 3.8) is 0 Å². The maximum absolute atomic E-state index is 10.8. The van der Waals surface area contributed by atoms with Gasteiger partial charge in [-0.1, -0.05) is 12.1 Å². The van der Waals surface area contributed by atoms with Gasteiger partial charge in [-0.05, 0) is 17.7 Å². The van der Waals surface area contributed by atoms with Crippen molar-refractivity contribution in [3.8, 4) is 0 Å². The molecule has 1 aromatic rings. The molecule has 0 spiro atoms. The van der Waals surface area contributed by atoms with Gasteiger partial charge in [0.05, 0.1) is 6.54 Å². The number of amides is 1. The van der Waals surface area contributed by atoms with Crippen LogP contribution in [0.2, 0.25) is 0 Å². The zero-order chi connectivity index (χ0) is 13.0. The van der Waals surface area contributed by atoms with Crippen LogP contribution in [-0.4, -0.2) is 48.4 Å². The zero-order valence-electron chi connectivity index (χ0n) is 10.5. The molecule has 2 rings (SSSR count). The molecule has 5 heteroatoms. The highest BCUT2D eigenvalue weighted by Crippen LogP contribution is 2.10. The maximum Gasteiger partial charge on any atom is 0.231 e. The Hall–Kier alpha value is -1.59. The average Bonchev–Trinajstić information content (AvgIpc) is 2.34. The van der Waals surface area contributed by atoms with Crippen molar-refractivity contribution in [1.82, 2.24) is 9.80 Å². The van der Waals surface area contributed by atoms with Crippen LogP contribution in [0, 0.1) is 0 Å². The Morgan fingerprint density at radius 1 is 1.06 bits per heavy atom. The lowest BCUT2D eigenvalue weighted by atomic mass is 10.2. The third-order valence-electron chi connectivity index (χ3n) is 3.23. The first-order chi connectivity index (χ1) is 8.63. The Morgan fingerprint density at radius 2 is 1.61 bits per heavy atom. The molecule has 0 radical (unpaired) electrons. The molecule has 0 saturated carbocycles. The summed E-state index contributed by atoms with van der Waals surface area (Å²) in [5.74, 6) is -0.248. The summed E-state index contributed by atoms with van der Waals surface area (Å²) in [5.41, 5.74) is 12.9. The van der Waals surface area contributed by atoms with Crippen molar-refractivity contribution in [2.75, 3.05) is 38.5 Å². The van der Waals surface area contributed by atoms with Gasteiger partial charge in [-0.15, -0.1) is 0 Å². The van der Waals surface area contributed by atoms with Crippen LogP contribution >= 0.6 is 0 Å². The summed E-state index contributed by atoms with van der Waals surface area (Å²) in [5, 5.41) is 0. The Balaban J connectivity index is 1.79. The lowest BCUT2D eigenvalue weighted by Crippen LogP contribution is -2.48. The monoisotopic (exact) mass is 248 g/mol. The number of carbonyl (C=O) groups is 1. The average molecular weight is 248 g/mol. The molecular weight excluding hydrogens is 228 g/mol. The summed E-state index contributed by atoms with van der Waals surface area (Å²) >= 11 is 0. The number of anilines is 1. The summed E-state index contributed by atoms with van der Waals surface area (Å²) in [6.45, 7) is 5.05. The van der Waals surface area contributed by atoms with Gasteiger partial charge in [-0.3, -0.25) is 14.6 Å². The number of piperazine rings is 1. The Bertz CT molecular complexity index is 396. The lowest BCUT2D eigenvalue weighted by Gasteiger charge is -2.34. The number of hydrogen-bond acceptors (Lipinski definition) is 4. The topological polar surface area (TPSA) is 75.6 Å². The van der Waals surface area contributed by atoms with E-state index in [1.807, 2.05) is 12.1 Å². The predicted octanol–water partition coefficient (Wildman–Crippen LogP) is -0.128. The van der Waals surface area contributed by atoms with Crippen LogP contribution in [0.4, 0.5) is 5.69 Å². The van der Waals surface area contributed by atoms with E-state index in [4.69, 9.17) is 11.5 Å². The van der Waals surface area contributed by atoms with Crippen LogP contribution in [0.1, 0.15) is 5.56 Å². The number of primary amides is 1. The Kier molecular flexibility index (Phi) is 4.17. The third kappa shape index (κ3) is 3.72. The maximum atomic E-state index is 10.8. The number of benzene rings is 1. The molecule has 1 saturated heterocycles. The predicted molar refractivity (Wildman–Crippen MR) is 71.8 cm³/mol. The molecule has 5 nitrogen and oxygen atoms in total. The van der Waals surface area contributed by atoms with Gasteiger partial charge in [0, 0.05) is 38.4 Å². The van der Waals surface area contributed by atoms with Crippen molar-refractivity contribution in [2.45, 2.75) is 6.54 Å². The minimum absolute atomic E-state index is 0.248. The van der Waals surface area contributed by atoms with Gasteiger partial charge in [0.1, 0.15) is 0 Å². The second kappa shape index (κ2) is 5.84. The first-order valence-corrected chi connectivity index (χ1v) is 6.21. The van der Waals surface area contributed by atoms with Crippen LogP contribution in [0.5, 0.6) is 0 Å². The molecule has 98 valence electrons. The van der Waals surface area contributed by atoms with E-state index >= 15 is 0 Å². The molecule has 0 aromatic heterocycles. The van der Waals surface area contributed by atoms with E-state index in [-0.39, 0.29) is 5.91 Å². The van der Waals surface area contributed by atoms with E-state index in [0.717, 1.165) is 38.4 Å². The van der Waals surface area contributed by atoms with Gasteiger partial charge in [0.15, 0.2) is 0 Å². The first-order valence-electron chi connectivity index (χ1n) is 6.21. The molecule has 4 N–H and O–H groups in total. The molecule has 0 bridgehead atoms. The number of hydrogen-bond donors (Lipinski definition) is 2. The SMILES string of the molecule is NC(=O)CN1CCN(Cc2ccc(N)cc2)CC1. The highest BCUT2D eigenvalue weighted by Gasteiger charge is 2.17. The van der Waals surface area contributed by atoms with Crippen molar-refractivity contribution in [3.05, 3.63) is 29.8 Å². The smallest absolute Gasteiger partial charge is 0.231 e. The van der Waals surface area contributed by atoms with Crippen molar-refractivity contribution in [2.24, 2.45) is 5.73 Å². The van der Waals surface area contributed by atoms with Gasteiger partial charge in [-0.25, -0.2) is 0 Å². The second-order valence-corrected chi connectivity index (χ2v) is 4.76. The van der Waals surface area contributed by atoms with Crippen LogP contribution in [0.15, 0.2) is 24.3 Å². The van der Waals surface area contributed by atoms with Crippen molar-refractivity contribution in [1.29, 1.82) is 0 Å². The van der Waals surface area contributed by atoms with Crippen LogP contribution < -0.4 is 11.5 Å². The fourth-order valence-corrected chi connectivity index (χ4v) is 2.21. The summed E-state index contributed by atoms with van der Waals surface area (Å²) in [7, 11) is 0. The van der Waals surface area contributed by atoms with E-state index in [1.54, 1.807) is 0 Å². The summed E-state index contributed by atoms with van der Waals surface area (Å²) in [6, 6.07) is 7.98. The molecule has 1 aliphatic rings. The molecule has 1 fully saturated rings. The zero-order valence-corrected chi connectivity index (χ0v) is 10.5. The number of nitrogens with two attached hydrogens (primary N) is 2. The quantitative estimate of drug-likeness (QED) is 0.728. The molecule has 1 aromatic carbocycles. The standard InChI is InChI=1S/C13H20N4O/c14-12-3-1-11(2-4-12)9-16-5-7-17(8-6-16)10-13(15)18/h1-4H,5-10,14H2,(H2,15,18). The van der Waals surface area contributed by atoms with E-state index in [2.05, 4.69) is 21.9 Å². The normalized spacial score (nSPS) is 17.8. The molecular formula is C13H20N4O. The van der Waals surface area contributed by atoms with E-state index in [1.165, 1.54) is 5.56 Å². The summed E-state index contributed by atoms with van der Waals surface area (Å²) in [6.07, 6.45) is 0. The number of carbonyl (C=O) groups excluding carboxylic acids is 1. The number of nitrogens with zero attached hydrogens (tertiary/aromatic N) is 2. The van der Waals surface area contributed by atoms with Gasteiger partial charge < -0.3 is 11.5 Å². The fraction of sp³-hybridized carbons (Fsp3) is 0.462. The second-order valence-electron chi connectivity index (χ2n) is 4.76. The van der Waals surface area contributed by atoms with Gasteiger partial charge in [0.25, 0.3) is 0 Å². The summed E-state index contributed by atoms with van der Waals surface area (Å²) < 4.78 is 0. The van der Waals surface area contributed by atoms with Crippen LogP contribution in [0.3, 0.4) is 0 Å². The minimum atomic E-state index is -0.248. The molecule has 0 unspecified atom stereocenters. The van der Waals surface area contributed by atoms with Crippen LogP contribution in [-0.2, 0) is 11.3 Å². The van der Waals surface area contributed by atoms with Crippen molar-refractivity contribution >= 4 is 11.6 Å². The molecule has 0 aliphatic carbocycles. The molecule has 1 heterocycles. The highest BCUT2D eigenvalue weighted by molar-refractivity contribution is 5.75. The lowest BCUT2D eigenvalue weighted by molar-refractivity contribution is -0.119. The third-order valence-corrected chi connectivity index (χ3v) is 3.23. The first kappa shape index (κ1) is 12.9. The van der Waals surface area contributed by atoms with E-state index in [9.17, 15) is 4.79 Å². The highest BCUT2D eigenvalue weighted by atomic mass is 16.1. The molecule has 18 heavy (non-hydrogen) atoms. The minimum Gasteiger partial charge on any atom is -0.399 e. The molecule has 1 amide bonds. The van der Waals surface area contributed by atoms with E-state index in [0.29, 0.717) is 6.54 Å². The number of nitrogen functional groups attached to an aromatic ring is 1. The number of rotatable bonds is 4. The van der Waals surface area contributed by atoms with Gasteiger partial charge in [0.2, 0.25) is 5.91 Å². The summed E-state index contributed by atoms with van der Waals surface area (Å²) in [4.78, 5) is 15.3. The Labute approximate surface area is 107 Å². The molecule has 1 aliphatic heterocycles. The van der Waals surface area contributed by atoms with Gasteiger partial charge in [-0.2, -0.15) is 0 Å². The van der Waals surface area contributed by atoms with E-state index < -0.39 is 0 Å². The fourth-order valence-electron chi connectivity index (χ4n) is 2.21. The van der Waals surface area contributed by atoms with Crippen molar-refractivity contribution < 1.29 is 4.79 Å². The molecule has 0 atom stereocenters. The largest absolute Gasteiger partial charge is 0.399 e. The van der Waals surface area contributed by atoms with Crippen LogP contribution in [0.25, 0.3) is 0 Å². The van der Waals surface area contributed by atoms with Gasteiger partial charge >= 0.3 is 0 Å².